The monoisotopic (exact) mass is 363 g/mol. The van der Waals surface area contributed by atoms with Crippen LogP contribution in [0.25, 0.3) is 0 Å². The molecule has 134 valence electrons. The Kier molecular flexibility index (Phi) is 6.40. The predicted octanol–water partition coefficient (Wildman–Crippen LogP) is 2.35. The molecule has 0 saturated heterocycles. The lowest BCUT2D eigenvalue weighted by Gasteiger charge is -2.16. The lowest BCUT2D eigenvalue weighted by atomic mass is 10.2. The third-order valence-electron chi connectivity index (χ3n) is 3.39. The number of nitrogens with one attached hydrogen (secondary N) is 1. The second kappa shape index (κ2) is 8.52. The van der Waals surface area contributed by atoms with Crippen LogP contribution in [0.15, 0.2) is 29.4 Å². The van der Waals surface area contributed by atoms with Crippen LogP contribution in [0.3, 0.4) is 0 Å². The second-order valence-electron chi connectivity index (χ2n) is 5.11. The fourth-order valence-corrected chi connectivity index (χ4v) is 2.90. The Bertz CT molecular complexity index is 745. The highest BCUT2D eigenvalue weighted by Gasteiger charge is 2.22. The summed E-state index contributed by atoms with van der Waals surface area (Å²) >= 11 is 1.46. The molecule has 0 aliphatic rings. The Morgan fingerprint density at radius 1 is 1.28 bits per heavy atom. The number of nitrogens with two attached hydrogens (primary N) is 1. The maximum absolute atomic E-state index is 12.5. The van der Waals surface area contributed by atoms with Crippen LogP contribution in [-0.2, 0) is 9.53 Å². The van der Waals surface area contributed by atoms with Crippen molar-refractivity contribution < 1.29 is 14.3 Å². The number of benzene rings is 1. The maximum atomic E-state index is 12.5. The van der Waals surface area contributed by atoms with E-state index in [1.54, 1.807) is 42.7 Å². The van der Waals surface area contributed by atoms with Crippen molar-refractivity contribution in [3.63, 3.8) is 0 Å². The number of thioether (sulfide) groups is 1. The first-order valence-electron chi connectivity index (χ1n) is 7.89. The third kappa shape index (κ3) is 4.50. The molecule has 0 saturated carbocycles. The number of anilines is 2. The number of nitrogens with zero attached hydrogens (tertiary/aromatic N) is 3. The highest BCUT2D eigenvalue weighted by molar-refractivity contribution is 7.99. The van der Waals surface area contributed by atoms with Crippen molar-refractivity contribution in [2.75, 3.05) is 23.4 Å². The van der Waals surface area contributed by atoms with E-state index < -0.39 is 12.0 Å². The number of carbonyl (C=O) groups is 2. The standard InChI is InChI=1S/C16H21N5O3S/c1-4-24-14(23)11-6-8-12(9-7-11)18-13(22)10(3)21-15(17)19-20-16(21)25-5-2/h6-10H,4-5H2,1-3H3,(H2,17,19)(H,18,22). The SMILES string of the molecule is CCOC(=O)c1ccc(NC(=O)C(C)n2c(N)nnc2SCC)cc1. The van der Waals surface area contributed by atoms with Crippen LogP contribution in [-0.4, -0.2) is 39.0 Å². The number of nitrogen functional groups attached to an aromatic ring is 1. The minimum Gasteiger partial charge on any atom is -0.462 e. The van der Waals surface area contributed by atoms with Gasteiger partial charge in [-0.15, -0.1) is 10.2 Å². The van der Waals surface area contributed by atoms with Gasteiger partial charge in [-0.1, -0.05) is 18.7 Å². The Labute approximate surface area is 150 Å². The molecule has 25 heavy (non-hydrogen) atoms. The largest absolute Gasteiger partial charge is 0.462 e. The summed E-state index contributed by atoms with van der Waals surface area (Å²) in [4.78, 5) is 24.1. The van der Waals surface area contributed by atoms with Crippen molar-refractivity contribution in [2.45, 2.75) is 32.0 Å². The molecule has 1 aromatic carbocycles. The molecule has 1 aromatic heterocycles. The third-order valence-corrected chi connectivity index (χ3v) is 4.22. The average molecular weight is 363 g/mol. The van der Waals surface area contributed by atoms with E-state index in [2.05, 4.69) is 15.5 Å². The van der Waals surface area contributed by atoms with Crippen LogP contribution in [0.2, 0.25) is 0 Å². The Hall–Kier alpha value is -2.55. The summed E-state index contributed by atoms with van der Waals surface area (Å²) in [6.45, 7) is 5.76. The van der Waals surface area contributed by atoms with Crippen molar-refractivity contribution in [1.29, 1.82) is 0 Å². The fraction of sp³-hybridized carbons (Fsp3) is 0.375. The predicted molar refractivity (Wildman–Crippen MR) is 96.6 cm³/mol. The normalized spacial score (nSPS) is 11.8. The molecule has 9 heteroatoms. The van der Waals surface area contributed by atoms with Gasteiger partial charge in [0.05, 0.1) is 12.2 Å². The highest BCUT2D eigenvalue weighted by Crippen LogP contribution is 2.23. The van der Waals surface area contributed by atoms with Gasteiger partial charge in [-0.25, -0.2) is 4.79 Å². The smallest absolute Gasteiger partial charge is 0.338 e. The summed E-state index contributed by atoms with van der Waals surface area (Å²) in [6, 6.07) is 5.92. The topological polar surface area (TPSA) is 112 Å². The van der Waals surface area contributed by atoms with Crippen LogP contribution < -0.4 is 11.1 Å². The number of aromatic nitrogens is 3. The van der Waals surface area contributed by atoms with Gasteiger partial charge in [0.25, 0.3) is 0 Å². The molecule has 0 aliphatic heterocycles. The second-order valence-corrected chi connectivity index (χ2v) is 6.34. The van der Waals surface area contributed by atoms with E-state index in [9.17, 15) is 9.59 Å². The molecule has 3 N–H and O–H groups in total. The van der Waals surface area contributed by atoms with E-state index in [1.807, 2.05) is 6.92 Å². The molecule has 8 nitrogen and oxygen atoms in total. The number of rotatable bonds is 7. The first-order valence-corrected chi connectivity index (χ1v) is 8.87. The first kappa shape index (κ1) is 18.8. The summed E-state index contributed by atoms with van der Waals surface area (Å²) in [5.41, 5.74) is 6.83. The van der Waals surface area contributed by atoms with Gasteiger partial charge in [0.2, 0.25) is 11.9 Å². The molecule has 0 spiro atoms. The van der Waals surface area contributed by atoms with Crippen LogP contribution in [0.1, 0.15) is 37.2 Å². The van der Waals surface area contributed by atoms with Gasteiger partial charge in [-0.05, 0) is 43.9 Å². The molecule has 2 aromatic rings. The lowest BCUT2D eigenvalue weighted by Crippen LogP contribution is -2.25. The van der Waals surface area contributed by atoms with Gasteiger partial charge in [-0.3, -0.25) is 9.36 Å². The molecule has 1 heterocycles. The zero-order valence-corrected chi connectivity index (χ0v) is 15.2. The van der Waals surface area contributed by atoms with Crippen molar-refractivity contribution in [3.05, 3.63) is 29.8 Å². The summed E-state index contributed by atoms with van der Waals surface area (Å²) in [7, 11) is 0. The quantitative estimate of drug-likeness (QED) is 0.573. The van der Waals surface area contributed by atoms with Crippen LogP contribution in [0, 0.1) is 0 Å². The van der Waals surface area contributed by atoms with Gasteiger partial charge in [-0.2, -0.15) is 0 Å². The first-order chi connectivity index (χ1) is 12.0. The van der Waals surface area contributed by atoms with E-state index in [-0.39, 0.29) is 11.9 Å². The molecule has 0 radical (unpaired) electrons. The number of carbonyl (C=O) groups excluding carboxylic acids is 2. The van der Waals surface area contributed by atoms with Crippen molar-refractivity contribution in [3.8, 4) is 0 Å². The number of hydrogen-bond donors (Lipinski definition) is 2. The van der Waals surface area contributed by atoms with Crippen molar-refractivity contribution in [2.24, 2.45) is 0 Å². The van der Waals surface area contributed by atoms with Crippen molar-refractivity contribution in [1.82, 2.24) is 14.8 Å². The zero-order valence-electron chi connectivity index (χ0n) is 14.4. The number of amides is 1. The lowest BCUT2D eigenvalue weighted by molar-refractivity contribution is -0.118. The summed E-state index contributed by atoms with van der Waals surface area (Å²) in [5.74, 6) is 0.332. The van der Waals surface area contributed by atoms with E-state index in [0.717, 1.165) is 5.75 Å². The minimum atomic E-state index is -0.575. The fourth-order valence-electron chi connectivity index (χ4n) is 2.15. The van der Waals surface area contributed by atoms with Crippen LogP contribution in [0.5, 0.6) is 0 Å². The minimum absolute atomic E-state index is 0.191. The molecule has 1 amide bonds. The van der Waals surface area contributed by atoms with E-state index >= 15 is 0 Å². The Morgan fingerprint density at radius 2 is 1.96 bits per heavy atom. The van der Waals surface area contributed by atoms with Gasteiger partial charge in [0.15, 0.2) is 5.16 Å². The average Bonchev–Trinajstić information content (AvgIpc) is 2.96. The summed E-state index contributed by atoms with van der Waals surface area (Å²) in [6.07, 6.45) is 0. The highest BCUT2D eigenvalue weighted by atomic mass is 32.2. The van der Waals surface area contributed by atoms with Gasteiger partial charge in [0.1, 0.15) is 6.04 Å². The number of ether oxygens (including phenoxy) is 1. The van der Waals surface area contributed by atoms with Gasteiger partial charge < -0.3 is 15.8 Å². The number of hydrogen-bond acceptors (Lipinski definition) is 7. The van der Waals surface area contributed by atoms with Gasteiger partial charge >= 0.3 is 5.97 Å². The number of esters is 1. The molecule has 0 fully saturated rings. The van der Waals surface area contributed by atoms with Gasteiger partial charge in [0, 0.05) is 5.69 Å². The molecular weight excluding hydrogens is 342 g/mol. The molecule has 0 bridgehead atoms. The van der Waals surface area contributed by atoms with Crippen LogP contribution in [0.4, 0.5) is 11.6 Å². The summed E-state index contributed by atoms with van der Waals surface area (Å²) < 4.78 is 6.52. The van der Waals surface area contributed by atoms with E-state index in [0.29, 0.717) is 23.0 Å². The Morgan fingerprint density at radius 3 is 2.56 bits per heavy atom. The molecule has 2 rings (SSSR count). The molecule has 1 atom stereocenters. The van der Waals surface area contributed by atoms with Crippen LogP contribution >= 0.6 is 11.8 Å². The maximum Gasteiger partial charge on any atom is 0.338 e. The van der Waals surface area contributed by atoms with E-state index in [1.165, 1.54) is 11.8 Å². The summed E-state index contributed by atoms with van der Waals surface area (Å²) in [5, 5.41) is 11.2. The van der Waals surface area contributed by atoms with Crippen molar-refractivity contribution >= 4 is 35.3 Å². The van der Waals surface area contributed by atoms with E-state index in [4.69, 9.17) is 10.5 Å². The Balaban J connectivity index is 2.09. The zero-order chi connectivity index (χ0) is 18.4. The molecule has 1 unspecified atom stereocenters. The molecular formula is C16H21N5O3S. The molecule has 0 aliphatic carbocycles.